The number of nitrogens with zero attached hydrogens (tertiary/aromatic N) is 3. The van der Waals surface area contributed by atoms with E-state index < -0.39 is 0 Å². The minimum atomic E-state index is -0.0459. The average Bonchev–Trinajstić information content (AvgIpc) is 3.23. The van der Waals surface area contributed by atoms with Gasteiger partial charge in [-0.1, -0.05) is 19.0 Å². The molecule has 0 aromatic carbocycles. The molecule has 1 aliphatic heterocycles. The molecular formula is C17H31N5O3. The molecule has 0 amide bonds. The highest BCUT2D eigenvalue weighted by Gasteiger charge is 2.34. The molecule has 0 radical (unpaired) electrons. The van der Waals surface area contributed by atoms with Gasteiger partial charge in [-0.15, -0.1) is 0 Å². The zero-order valence-electron chi connectivity index (χ0n) is 15.5. The first kappa shape index (κ1) is 19.7. The summed E-state index contributed by atoms with van der Waals surface area (Å²) in [7, 11) is 0. The topological polar surface area (TPSA) is 105 Å². The first-order chi connectivity index (χ1) is 12.1. The Morgan fingerprint density at radius 1 is 1.40 bits per heavy atom. The molecule has 3 N–H and O–H groups in total. The molecule has 1 unspecified atom stereocenters. The number of guanidine groups is 1. The van der Waals surface area contributed by atoms with Gasteiger partial charge in [0, 0.05) is 44.1 Å². The Labute approximate surface area is 149 Å². The lowest BCUT2D eigenvalue weighted by molar-refractivity contribution is 0.131. The van der Waals surface area contributed by atoms with Crippen molar-refractivity contribution in [3.8, 4) is 0 Å². The Kier molecular flexibility index (Phi) is 7.64. The molecule has 8 nitrogen and oxygen atoms in total. The van der Waals surface area contributed by atoms with Crippen molar-refractivity contribution < 1.29 is 14.4 Å². The van der Waals surface area contributed by atoms with E-state index >= 15 is 0 Å². The normalized spacial score (nSPS) is 21.1. The zero-order chi connectivity index (χ0) is 18.1. The maximum atomic E-state index is 9.31. The van der Waals surface area contributed by atoms with E-state index in [1.165, 1.54) is 0 Å². The third kappa shape index (κ3) is 5.97. The van der Waals surface area contributed by atoms with E-state index in [1.807, 2.05) is 20.8 Å². The van der Waals surface area contributed by atoms with Crippen LogP contribution in [0.1, 0.15) is 51.2 Å². The SMILES string of the molecule is CCNC(=NCC1(CCO)CCOC1)NCCc1nc(C(C)C)no1. The Balaban J connectivity index is 1.86. The first-order valence-electron chi connectivity index (χ1n) is 9.12. The minimum Gasteiger partial charge on any atom is -0.396 e. The van der Waals surface area contributed by atoms with E-state index in [0.29, 0.717) is 32.0 Å². The lowest BCUT2D eigenvalue weighted by atomic mass is 9.84. The zero-order valence-corrected chi connectivity index (χ0v) is 15.5. The van der Waals surface area contributed by atoms with Gasteiger partial charge in [0.05, 0.1) is 13.2 Å². The predicted molar refractivity (Wildman–Crippen MR) is 95.6 cm³/mol. The van der Waals surface area contributed by atoms with Crippen molar-refractivity contribution in [1.29, 1.82) is 0 Å². The monoisotopic (exact) mass is 353 g/mol. The van der Waals surface area contributed by atoms with Gasteiger partial charge in [-0.3, -0.25) is 4.99 Å². The molecule has 1 aromatic heterocycles. The van der Waals surface area contributed by atoms with Gasteiger partial charge in [0.15, 0.2) is 11.8 Å². The molecular weight excluding hydrogens is 322 g/mol. The third-order valence-corrected chi connectivity index (χ3v) is 4.38. The van der Waals surface area contributed by atoms with E-state index in [2.05, 4.69) is 25.8 Å². The summed E-state index contributed by atoms with van der Waals surface area (Å²) in [5.41, 5.74) is -0.0459. The summed E-state index contributed by atoms with van der Waals surface area (Å²) in [4.78, 5) is 9.06. The van der Waals surface area contributed by atoms with Crippen LogP contribution >= 0.6 is 0 Å². The number of aliphatic imine (C=N–C) groups is 1. The standard InChI is InChI=1S/C17H31N5O3/c1-4-18-16(20-11-17(6-9-23)7-10-24-12-17)19-8-5-14-21-15(13(2)3)22-25-14/h13,23H,4-12H2,1-3H3,(H2,18,19,20). The van der Waals surface area contributed by atoms with Crippen LogP contribution in [0.5, 0.6) is 0 Å². The van der Waals surface area contributed by atoms with E-state index in [9.17, 15) is 5.11 Å². The third-order valence-electron chi connectivity index (χ3n) is 4.38. The van der Waals surface area contributed by atoms with Crippen LogP contribution in [0.2, 0.25) is 0 Å². The average molecular weight is 353 g/mol. The Morgan fingerprint density at radius 2 is 2.24 bits per heavy atom. The number of aliphatic hydroxyl groups excluding tert-OH is 1. The molecule has 0 aliphatic carbocycles. The lowest BCUT2D eigenvalue weighted by Gasteiger charge is -2.24. The maximum Gasteiger partial charge on any atom is 0.228 e. The molecule has 2 heterocycles. The summed E-state index contributed by atoms with van der Waals surface area (Å²) in [6.45, 7) is 9.77. The fraction of sp³-hybridized carbons (Fsp3) is 0.824. The summed E-state index contributed by atoms with van der Waals surface area (Å²) in [6, 6.07) is 0. The summed E-state index contributed by atoms with van der Waals surface area (Å²) in [5.74, 6) is 2.40. The quantitative estimate of drug-likeness (QED) is 0.451. The molecule has 1 atom stereocenters. The molecule has 1 aliphatic rings. The van der Waals surface area contributed by atoms with Crippen molar-refractivity contribution in [2.75, 3.05) is 39.5 Å². The van der Waals surface area contributed by atoms with Gasteiger partial charge in [-0.25, -0.2) is 0 Å². The second-order valence-corrected chi connectivity index (χ2v) is 6.85. The number of aliphatic hydroxyl groups is 1. The van der Waals surface area contributed by atoms with E-state index in [-0.39, 0.29) is 17.9 Å². The van der Waals surface area contributed by atoms with Gasteiger partial charge in [0.2, 0.25) is 5.89 Å². The number of nitrogens with one attached hydrogen (secondary N) is 2. The van der Waals surface area contributed by atoms with Crippen molar-refractivity contribution in [2.24, 2.45) is 10.4 Å². The fourth-order valence-electron chi connectivity index (χ4n) is 2.77. The molecule has 1 saturated heterocycles. The molecule has 0 bridgehead atoms. The van der Waals surface area contributed by atoms with Gasteiger partial charge in [-0.05, 0) is 19.8 Å². The van der Waals surface area contributed by atoms with Crippen LogP contribution in [0, 0.1) is 5.41 Å². The molecule has 0 spiro atoms. The summed E-state index contributed by atoms with van der Waals surface area (Å²) >= 11 is 0. The molecule has 142 valence electrons. The Hall–Kier alpha value is -1.67. The molecule has 2 rings (SSSR count). The van der Waals surface area contributed by atoms with Crippen LogP contribution in [0.3, 0.4) is 0 Å². The van der Waals surface area contributed by atoms with Gasteiger partial charge in [0.1, 0.15) is 0 Å². The summed E-state index contributed by atoms with van der Waals surface area (Å²) < 4.78 is 10.8. The highest BCUT2D eigenvalue weighted by Crippen LogP contribution is 2.32. The number of hydrogen-bond donors (Lipinski definition) is 3. The van der Waals surface area contributed by atoms with Crippen molar-refractivity contribution in [2.45, 2.75) is 46.0 Å². The molecule has 0 saturated carbocycles. The van der Waals surface area contributed by atoms with Gasteiger partial charge >= 0.3 is 0 Å². The van der Waals surface area contributed by atoms with Crippen molar-refractivity contribution >= 4 is 5.96 Å². The molecule has 25 heavy (non-hydrogen) atoms. The van der Waals surface area contributed by atoms with Gasteiger partial charge in [0.25, 0.3) is 0 Å². The smallest absolute Gasteiger partial charge is 0.228 e. The van der Waals surface area contributed by atoms with Crippen LogP contribution in [-0.4, -0.2) is 60.7 Å². The van der Waals surface area contributed by atoms with E-state index in [0.717, 1.165) is 37.8 Å². The minimum absolute atomic E-state index is 0.0459. The Morgan fingerprint density at radius 3 is 2.84 bits per heavy atom. The van der Waals surface area contributed by atoms with Crippen LogP contribution in [-0.2, 0) is 11.2 Å². The number of hydrogen-bond acceptors (Lipinski definition) is 6. The highest BCUT2D eigenvalue weighted by atomic mass is 16.5. The summed E-state index contributed by atoms with van der Waals surface area (Å²) in [6.07, 6.45) is 2.31. The largest absolute Gasteiger partial charge is 0.396 e. The maximum absolute atomic E-state index is 9.31. The fourth-order valence-corrected chi connectivity index (χ4v) is 2.77. The van der Waals surface area contributed by atoms with Crippen LogP contribution in [0.25, 0.3) is 0 Å². The predicted octanol–water partition coefficient (Wildman–Crippen LogP) is 1.08. The van der Waals surface area contributed by atoms with E-state index in [1.54, 1.807) is 0 Å². The molecule has 1 fully saturated rings. The van der Waals surface area contributed by atoms with E-state index in [4.69, 9.17) is 9.26 Å². The van der Waals surface area contributed by atoms with Crippen molar-refractivity contribution in [3.63, 3.8) is 0 Å². The van der Waals surface area contributed by atoms with Gasteiger partial charge < -0.3 is 25.0 Å². The second-order valence-electron chi connectivity index (χ2n) is 6.85. The summed E-state index contributed by atoms with van der Waals surface area (Å²) in [5, 5.41) is 19.8. The highest BCUT2D eigenvalue weighted by molar-refractivity contribution is 5.79. The second kappa shape index (κ2) is 9.72. The number of ether oxygens (including phenoxy) is 1. The number of rotatable bonds is 9. The first-order valence-corrected chi connectivity index (χ1v) is 9.12. The Bertz CT molecular complexity index is 538. The van der Waals surface area contributed by atoms with Crippen LogP contribution in [0.4, 0.5) is 0 Å². The van der Waals surface area contributed by atoms with Crippen molar-refractivity contribution in [1.82, 2.24) is 20.8 Å². The van der Waals surface area contributed by atoms with Crippen LogP contribution < -0.4 is 10.6 Å². The van der Waals surface area contributed by atoms with Crippen LogP contribution in [0.15, 0.2) is 9.52 Å². The van der Waals surface area contributed by atoms with Gasteiger partial charge in [-0.2, -0.15) is 4.98 Å². The molecule has 8 heteroatoms. The molecule has 1 aromatic rings. The lowest BCUT2D eigenvalue weighted by Crippen LogP contribution is -2.39. The number of aromatic nitrogens is 2. The van der Waals surface area contributed by atoms with Crippen molar-refractivity contribution in [3.05, 3.63) is 11.7 Å².